The molecule has 1 aromatic heterocycles. The van der Waals surface area contributed by atoms with Crippen molar-refractivity contribution in [1.29, 1.82) is 0 Å². The van der Waals surface area contributed by atoms with Crippen molar-refractivity contribution in [1.82, 2.24) is 9.78 Å². The minimum absolute atomic E-state index is 0.139. The molecule has 0 N–H and O–H groups in total. The summed E-state index contributed by atoms with van der Waals surface area (Å²) in [5.41, 5.74) is -1.65. The van der Waals surface area contributed by atoms with E-state index in [1.54, 1.807) is 37.3 Å². The van der Waals surface area contributed by atoms with E-state index in [1.165, 1.54) is 0 Å². The fourth-order valence-corrected chi connectivity index (χ4v) is 4.36. The maximum absolute atomic E-state index is 14.0. The van der Waals surface area contributed by atoms with Gasteiger partial charge < -0.3 is 9.47 Å². The SMILES string of the molecule is CCOC(=O)[C@@H]1CC[C@@H](n2ncc(C(=O)OCc3ccccc3)c2C(F)(F)F)CC1(C)C. The van der Waals surface area contributed by atoms with Gasteiger partial charge in [0, 0.05) is 0 Å². The third-order valence-corrected chi connectivity index (χ3v) is 5.91. The van der Waals surface area contributed by atoms with Crippen LogP contribution in [0.2, 0.25) is 0 Å². The Bertz CT molecular complexity index is 954. The van der Waals surface area contributed by atoms with E-state index in [1.807, 2.05) is 13.8 Å². The van der Waals surface area contributed by atoms with Crippen LogP contribution in [0.4, 0.5) is 13.2 Å². The van der Waals surface area contributed by atoms with Crippen LogP contribution in [0.15, 0.2) is 36.5 Å². The lowest BCUT2D eigenvalue weighted by atomic mass is 9.67. The number of aromatic nitrogens is 2. The summed E-state index contributed by atoms with van der Waals surface area (Å²) in [6, 6.07) is 8.10. The molecule has 0 aliphatic heterocycles. The van der Waals surface area contributed by atoms with Crippen molar-refractivity contribution in [3.8, 4) is 0 Å². The van der Waals surface area contributed by atoms with Crippen molar-refractivity contribution in [3.05, 3.63) is 53.3 Å². The highest BCUT2D eigenvalue weighted by atomic mass is 19.4. The quantitative estimate of drug-likeness (QED) is 0.564. The lowest BCUT2D eigenvalue weighted by Gasteiger charge is -2.41. The Hall–Kier alpha value is -2.84. The monoisotopic (exact) mass is 452 g/mol. The van der Waals surface area contributed by atoms with Gasteiger partial charge in [0.05, 0.1) is 24.8 Å². The van der Waals surface area contributed by atoms with Crippen molar-refractivity contribution < 1.29 is 32.2 Å². The van der Waals surface area contributed by atoms with Crippen LogP contribution in [0.5, 0.6) is 0 Å². The van der Waals surface area contributed by atoms with Crippen LogP contribution in [-0.2, 0) is 27.1 Å². The van der Waals surface area contributed by atoms with E-state index < -0.39 is 40.8 Å². The van der Waals surface area contributed by atoms with E-state index in [-0.39, 0.29) is 19.2 Å². The second kappa shape index (κ2) is 9.34. The first kappa shape index (κ1) is 23.8. The van der Waals surface area contributed by atoms with Crippen LogP contribution in [0, 0.1) is 11.3 Å². The van der Waals surface area contributed by atoms with Crippen molar-refractivity contribution >= 4 is 11.9 Å². The molecule has 1 aliphatic rings. The van der Waals surface area contributed by atoms with Gasteiger partial charge in [0.2, 0.25) is 0 Å². The Morgan fingerprint density at radius 1 is 1.16 bits per heavy atom. The van der Waals surface area contributed by atoms with Crippen molar-refractivity contribution in [2.45, 2.75) is 58.9 Å². The number of nitrogens with zero attached hydrogens (tertiary/aromatic N) is 2. The van der Waals surface area contributed by atoms with E-state index >= 15 is 0 Å². The molecule has 1 saturated carbocycles. The van der Waals surface area contributed by atoms with Gasteiger partial charge in [0.25, 0.3) is 0 Å². The first-order chi connectivity index (χ1) is 15.0. The van der Waals surface area contributed by atoms with Crippen LogP contribution in [-0.4, -0.2) is 28.3 Å². The average molecular weight is 452 g/mol. The maximum Gasteiger partial charge on any atom is 0.433 e. The Kier molecular flexibility index (Phi) is 6.95. The molecule has 1 fully saturated rings. The second-order valence-corrected chi connectivity index (χ2v) is 8.64. The van der Waals surface area contributed by atoms with Crippen molar-refractivity contribution in [2.24, 2.45) is 11.3 Å². The van der Waals surface area contributed by atoms with Crippen molar-refractivity contribution in [3.63, 3.8) is 0 Å². The first-order valence-electron chi connectivity index (χ1n) is 10.6. The number of carbonyl (C=O) groups excluding carboxylic acids is 2. The molecule has 174 valence electrons. The number of ether oxygens (including phenoxy) is 2. The third-order valence-electron chi connectivity index (χ3n) is 5.91. The minimum atomic E-state index is -4.79. The summed E-state index contributed by atoms with van der Waals surface area (Å²) in [4.78, 5) is 24.8. The van der Waals surface area contributed by atoms with Gasteiger partial charge in [-0.3, -0.25) is 9.48 Å². The number of hydrogen-bond donors (Lipinski definition) is 0. The molecule has 2 atom stereocenters. The zero-order valence-electron chi connectivity index (χ0n) is 18.3. The Morgan fingerprint density at radius 3 is 2.44 bits per heavy atom. The number of carbonyl (C=O) groups is 2. The van der Waals surface area contributed by atoms with Crippen molar-refractivity contribution in [2.75, 3.05) is 6.61 Å². The molecule has 1 heterocycles. The number of alkyl halides is 3. The zero-order chi connectivity index (χ0) is 23.5. The Morgan fingerprint density at radius 2 is 1.84 bits per heavy atom. The van der Waals surface area contributed by atoms with Gasteiger partial charge in [-0.15, -0.1) is 0 Å². The Balaban J connectivity index is 1.83. The molecule has 2 aromatic rings. The average Bonchev–Trinajstić information content (AvgIpc) is 3.18. The molecule has 9 heteroatoms. The molecule has 0 unspecified atom stereocenters. The Labute approximate surface area is 184 Å². The van der Waals surface area contributed by atoms with Crippen LogP contribution >= 0.6 is 0 Å². The van der Waals surface area contributed by atoms with Gasteiger partial charge in [-0.25, -0.2) is 4.79 Å². The van der Waals surface area contributed by atoms with Crippen LogP contribution in [0.25, 0.3) is 0 Å². The van der Waals surface area contributed by atoms with Gasteiger partial charge in [-0.1, -0.05) is 44.2 Å². The summed E-state index contributed by atoms with van der Waals surface area (Å²) in [7, 11) is 0. The summed E-state index contributed by atoms with van der Waals surface area (Å²) < 4.78 is 53.1. The topological polar surface area (TPSA) is 70.4 Å². The molecule has 3 rings (SSSR count). The van der Waals surface area contributed by atoms with Gasteiger partial charge in [-0.2, -0.15) is 18.3 Å². The predicted molar refractivity (Wildman–Crippen MR) is 110 cm³/mol. The maximum atomic E-state index is 14.0. The van der Waals surface area contributed by atoms with E-state index in [9.17, 15) is 22.8 Å². The summed E-state index contributed by atoms with van der Waals surface area (Å²) in [5, 5.41) is 3.93. The molecule has 1 aromatic carbocycles. The number of halogens is 3. The summed E-state index contributed by atoms with van der Waals surface area (Å²) in [6.45, 7) is 5.51. The fourth-order valence-electron chi connectivity index (χ4n) is 4.36. The highest BCUT2D eigenvalue weighted by Gasteiger charge is 2.46. The number of rotatable bonds is 6. The van der Waals surface area contributed by atoms with Crippen LogP contribution < -0.4 is 0 Å². The lowest BCUT2D eigenvalue weighted by Crippen LogP contribution is -2.39. The molecule has 0 bridgehead atoms. The minimum Gasteiger partial charge on any atom is -0.466 e. The second-order valence-electron chi connectivity index (χ2n) is 8.64. The first-order valence-corrected chi connectivity index (χ1v) is 10.6. The van der Waals surface area contributed by atoms with Crippen LogP contribution in [0.3, 0.4) is 0 Å². The van der Waals surface area contributed by atoms with Gasteiger partial charge in [0.15, 0.2) is 5.69 Å². The molecule has 6 nitrogen and oxygen atoms in total. The lowest BCUT2D eigenvalue weighted by molar-refractivity contribution is -0.156. The van der Waals surface area contributed by atoms with E-state index in [2.05, 4.69) is 5.10 Å². The van der Waals surface area contributed by atoms with E-state index in [0.717, 1.165) is 10.9 Å². The van der Waals surface area contributed by atoms with E-state index in [0.29, 0.717) is 24.8 Å². The number of hydrogen-bond acceptors (Lipinski definition) is 5. The molecule has 0 amide bonds. The highest BCUT2D eigenvalue weighted by Crippen LogP contribution is 2.47. The van der Waals surface area contributed by atoms with Gasteiger partial charge in [-0.05, 0) is 37.2 Å². The normalized spacial score (nSPS) is 20.6. The van der Waals surface area contributed by atoms with Gasteiger partial charge >= 0.3 is 18.1 Å². The zero-order valence-corrected chi connectivity index (χ0v) is 18.3. The van der Waals surface area contributed by atoms with Gasteiger partial charge in [0.1, 0.15) is 12.2 Å². The molecule has 0 spiro atoms. The summed E-state index contributed by atoms with van der Waals surface area (Å²) in [5.74, 6) is -1.82. The number of benzene rings is 1. The predicted octanol–water partition coefficient (Wildman–Crippen LogP) is 5.19. The van der Waals surface area contributed by atoms with E-state index in [4.69, 9.17) is 9.47 Å². The van der Waals surface area contributed by atoms with Crippen LogP contribution in [0.1, 0.15) is 67.7 Å². The molecule has 0 saturated heterocycles. The third kappa shape index (κ3) is 5.14. The summed E-state index contributed by atoms with van der Waals surface area (Å²) >= 11 is 0. The summed E-state index contributed by atoms with van der Waals surface area (Å²) in [6.07, 6.45) is -2.89. The molecule has 1 aliphatic carbocycles. The standard InChI is InChI=1S/C23H27F3N2O4/c1-4-31-21(30)18-11-10-16(12-22(18,2)3)28-19(23(24,25)26)17(13-27-28)20(29)32-14-15-8-6-5-7-9-15/h5-9,13,16,18H,4,10-12,14H2,1-3H3/t16-,18+/m1/s1. The largest absolute Gasteiger partial charge is 0.466 e. The smallest absolute Gasteiger partial charge is 0.433 e. The molecular weight excluding hydrogens is 425 g/mol. The molecular formula is C23H27F3N2O4. The number of esters is 2. The molecule has 32 heavy (non-hydrogen) atoms. The molecule has 0 radical (unpaired) electrons. The fraction of sp³-hybridized carbons (Fsp3) is 0.522. The highest BCUT2D eigenvalue weighted by molar-refractivity contribution is 5.90.